The number of hydrogen-bond acceptors (Lipinski definition) is 5. The highest BCUT2D eigenvalue weighted by atomic mass is 32.2. The predicted octanol–water partition coefficient (Wildman–Crippen LogP) is 1.60. The number of nitrogens with one attached hydrogen (secondary N) is 1. The lowest BCUT2D eigenvalue weighted by atomic mass is 10.2. The first-order chi connectivity index (χ1) is 7.90. The van der Waals surface area contributed by atoms with Crippen molar-refractivity contribution in [2.45, 2.75) is 16.3 Å². The van der Waals surface area contributed by atoms with Gasteiger partial charge in [0.25, 0.3) is 0 Å². The molecule has 0 aliphatic heterocycles. The second kappa shape index (κ2) is 5.81. The molecule has 0 aromatic heterocycles. The van der Waals surface area contributed by atoms with Crippen LogP contribution in [0.5, 0.6) is 0 Å². The number of rotatable bonds is 5. The Morgan fingerprint density at radius 3 is 2.59 bits per heavy atom. The topological polar surface area (TPSA) is 55.4 Å². The maximum atomic E-state index is 13.7. The van der Waals surface area contributed by atoms with Gasteiger partial charge in [0.15, 0.2) is 9.84 Å². The zero-order valence-corrected chi connectivity index (χ0v) is 11.4. The average Bonchev–Trinajstić information content (AvgIpc) is 2.24. The van der Waals surface area contributed by atoms with E-state index in [2.05, 4.69) is 10.3 Å². The second-order valence-corrected chi connectivity index (χ2v) is 6.21. The summed E-state index contributed by atoms with van der Waals surface area (Å²) in [5.74, 6) is -0.534. The molecular formula is C10H14FNO3S2. The quantitative estimate of drug-likeness (QED) is 0.655. The van der Waals surface area contributed by atoms with Crippen molar-refractivity contribution < 1.29 is 17.6 Å². The lowest BCUT2D eigenvalue weighted by Gasteiger charge is -2.10. The Kier molecular flexibility index (Phi) is 4.93. The van der Waals surface area contributed by atoms with Crippen LogP contribution in [-0.4, -0.2) is 28.0 Å². The molecule has 0 saturated heterocycles. The molecule has 0 spiro atoms. The van der Waals surface area contributed by atoms with Gasteiger partial charge >= 0.3 is 0 Å². The molecule has 0 saturated carbocycles. The third-order valence-corrected chi connectivity index (χ3v) is 4.17. The van der Waals surface area contributed by atoms with Crippen LogP contribution in [0.15, 0.2) is 21.9 Å². The van der Waals surface area contributed by atoms with Gasteiger partial charge in [0.2, 0.25) is 0 Å². The van der Waals surface area contributed by atoms with E-state index in [1.54, 1.807) is 6.26 Å². The monoisotopic (exact) mass is 279 g/mol. The summed E-state index contributed by atoms with van der Waals surface area (Å²) in [6.45, 7) is 0.241. The van der Waals surface area contributed by atoms with Gasteiger partial charge in [-0.15, -0.1) is 11.8 Å². The minimum atomic E-state index is -3.45. The van der Waals surface area contributed by atoms with Crippen molar-refractivity contribution in [2.24, 2.45) is 0 Å². The van der Waals surface area contributed by atoms with E-state index < -0.39 is 15.7 Å². The van der Waals surface area contributed by atoms with Crippen molar-refractivity contribution in [3.05, 3.63) is 23.5 Å². The predicted molar refractivity (Wildman–Crippen MR) is 65.1 cm³/mol. The normalized spacial score (nSPS) is 11.8. The van der Waals surface area contributed by atoms with Crippen LogP contribution < -0.4 is 5.48 Å². The second-order valence-electron chi connectivity index (χ2n) is 3.41. The Balaban J connectivity index is 3.29. The zero-order valence-electron chi connectivity index (χ0n) is 9.78. The molecule has 0 amide bonds. The van der Waals surface area contributed by atoms with Crippen LogP contribution in [-0.2, 0) is 21.2 Å². The van der Waals surface area contributed by atoms with E-state index in [1.165, 1.54) is 19.2 Å². The van der Waals surface area contributed by atoms with E-state index in [-0.39, 0.29) is 16.3 Å². The van der Waals surface area contributed by atoms with E-state index in [9.17, 15) is 12.8 Å². The summed E-state index contributed by atoms with van der Waals surface area (Å²) in [6.07, 6.45) is 2.70. The van der Waals surface area contributed by atoms with Crippen molar-refractivity contribution in [3.8, 4) is 0 Å². The van der Waals surface area contributed by atoms with Crippen LogP contribution in [0.1, 0.15) is 5.56 Å². The average molecular weight is 279 g/mol. The Morgan fingerprint density at radius 1 is 1.47 bits per heavy atom. The minimum Gasteiger partial charge on any atom is -0.305 e. The summed E-state index contributed by atoms with van der Waals surface area (Å²) in [5.41, 5.74) is 3.06. The number of thioether (sulfide) groups is 1. The van der Waals surface area contributed by atoms with Crippen molar-refractivity contribution in [1.29, 1.82) is 0 Å². The molecule has 17 heavy (non-hydrogen) atoms. The number of benzene rings is 1. The lowest BCUT2D eigenvalue weighted by molar-refractivity contribution is 0.0866. The SMILES string of the molecule is CONCc1cc(F)c(SC)c(S(C)(=O)=O)c1. The van der Waals surface area contributed by atoms with Crippen molar-refractivity contribution in [2.75, 3.05) is 19.6 Å². The molecule has 0 bridgehead atoms. The first-order valence-corrected chi connectivity index (χ1v) is 7.84. The molecule has 1 aromatic carbocycles. The highest BCUT2D eigenvalue weighted by molar-refractivity contribution is 7.99. The van der Waals surface area contributed by atoms with Crippen LogP contribution in [0.3, 0.4) is 0 Å². The Labute approximate surface area is 104 Å². The molecule has 1 N–H and O–H groups in total. The van der Waals surface area contributed by atoms with Crippen LogP contribution in [0.4, 0.5) is 4.39 Å². The lowest BCUT2D eigenvalue weighted by Crippen LogP contribution is -2.12. The third-order valence-electron chi connectivity index (χ3n) is 2.09. The fraction of sp³-hybridized carbons (Fsp3) is 0.400. The number of hydrogen-bond donors (Lipinski definition) is 1. The van der Waals surface area contributed by atoms with E-state index in [1.807, 2.05) is 0 Å². The van der Waals surface area contributed by atoms with Crippen molar-refractivity contribution >= 4 is 21.6 Å². The molecular weight excluding hydrogens is 265 g/mol. The maximum absolute atomic E-state index is 13.7. The summed E-state index contributed by atoms with van der Waals surface area (Å²) in [5, 5.41) is 0. The molecule has 1 rings (SSSR count). The summed E-state index contributed by atoms with van der Waals surface area (Å²) in [4.78, 5) is 4.80. The van der Waals surface area contributed by atoms with Gasteiger partial charge in [-0.25, -0.2) is 12.8 Å². The molecule has 1 aromatic rings. The smallest absolute Gasteiger partial charge is 0.176 e. The molecule has 0 fully saturated rings. The number of hydroxylamine groups is 1. The Morgan fingerprint density at radius 2 is 2.12 bits per heavy atom. The van der Waals surface area contributed by atoms with E-state index in [0.717, 1.165) is 18.0 Å². The van der Waals surface area contributed by atoms with E-state index in [4.69, 9.17) is 0 Å². The Bertz CT molecular complexity index is 503. The zero-order chi connectivity index (χ0) is 13.1. The van der Waals surface area contributed by atoms with Crippen LogP contribution in [0, 0.1) is 5.82 Å². The summed E-state index contributed by atoms with van der Waals surface area (Å²) >= 11 is 1.08. The highest BCUT2D eigenvalue weighted by Gasteiger charge is 2.18. The molecule has 96 valence electrons. The molecule has 0 radical (unpaired) electrons. The third kappa shape index (κ3) is 3.67. The van der Waals surface area contributed by atoms with Gasteiger partial charge in [0.05, 0.1) is 16.9 Å². The van der Waals surface area contributed by atoms with Crippen LogP contribution in [0.25, 0.3) is 0 Å². The molecule has 0 heterocycles. The maximum Gasteiger partial charge on any atom is 0.176 e. The number of sulfone groups is 1. The molecule has 4 nitrogen and oxygen atoms in total. The van der Waals surface area contributed by atoms with Gasteiger partial charge in [-0.3, -0.25) is 0 Å². The van der Waals surface area contributed by atoms with Gasteiger partial charge in [0, 0.05) is 12.8 Å². The van der Waals surface area contributed by atoms with Gasteiger partial charge in [-0.2, -0.15) is 5.48 Å². The minimum absolute atomic E-state index is 0.0119. The molecule has 7 heteroatoms. The van der Waals surface area contributed by atoms with Gasteiger partial charge in [-0.1, -0.05) is 0 Å². The first kappa shape index (κ1) is 14.4. The van der Waals surface area contributed by atoms with Gasteiger partial charge in [-0.05, 0) is 24.0 Å². The van der Waals surface area contributed by atoms with E-state index in [0.29, 0.717) is 5.56 Å². The van der Waals surface area contributed by atoms with Crippen molar-refractivity contribution in [1.82, 2.24) is 5.48 Å². The standard InChI is InChI=1S/C10H14FNO3S2/c1-15-12-6-7-4-8(11)10(16-2)9(5-7)17(3,13)14/h4-5,12H,6H2,1-3H3. The Hall–Kier alpha value is -0.630. The largest absolute Gasteiger partial charge is 0.305 e. The highest BCUT2D eigenvalue weighted by Crippen LogP contribution is 2.29. The van der Waals surface area contributed by atoms with E-state index >= 15 is 0 Å². The fourth-order valence-electron chi connectivity index (χ4n) is 1.35. The molecule has 0 atom stereocenters. The number of halogens is 1. The molecule has 0 unspecified atom stereocenters. The first-order valence-electron chi connectivity index (χ1n) is 4.72. The van der Waals surface area contributed by atoms with Crippen molar-refractivity contribution in [3.63, 3.8) is 0 Å². The summed E-state index contributed by atoms with van der Waals surface area (Å²) in [6, 6.07) is 2.75. The van der Waals surface area contributed by atoms with Crippen LogP contribution >= 0.6 is 11.8 Å². The van der Waals surface area contributed by atoms with Crippen LogP contribution in [0.2, 0.25) is 0 Å². The fourth-order valence-corrected chi connectivity index (χ4v) is 3.37. The van der Waals surface area contributed by atoms with Gasteiger partial charge in [0.1, 0.15) is 5.82 Å². The summed E-state index contributed by atoms with van der Waals surface area (Å²) in [7, 11) is -2.01. The molecule has 0 aliphatic carbocycles. The van der Waals surface area contributed by atoms with Gasteiger partial charge < -0.3 is 4.84 Å². The summed E-state index contributed by atoms with van der Waals surface area (Å²) < 4.78 is 36.8. The molecule has 0 aliphatic rings.